The predicted molar refractivity (Wildman–Crippen MR) is 107 cm³/mol. The summed E-state index contributed by atoms with van der Waals surface area (Å²) in [5, 5.41) is 4.70. The highest BCUT2D eigenvalue weighted by Gasteiger charge is 2.17. The van der Waals surface area contributed by atoms with E-state index in [2.05, 4.69) is 15.3 Å². The van der Waals surface area contributed by atoms with E-state index in [0.717, 1.165) is 21.7 Å². The normalized spacial score (nSPS) is 10.7. The van der Waals surface area contributed by atoms with E-state index in [1.807, 2.05) is 67.6 Å². The molecule has 0 radical (unpaired) electrons. The Labute approximate surface area is 160 Å². The molecular formula is C21H17N3O2S. The van der Waals surface area contributed by atoms with Crippen LogP contribution in [0.4, 0.5) is 5.69 Å². The van der Waals surface area contributed by atoms with Gasteiger partial charge < -0.3 is 10.1 Å². The first-order valence-corrected chi connectivity index (χ1v) is 9.31. The van der Waals surface area contributed by atoms with Gasteiger partial charge in [-0.15, -0.1) is 11.3 Å². The number of hydrogen-bond acceptors (Lipinski definition) is 5. The van der Waals surface area contributed by atoms with Crippen molar-refractivity contribution in [3.05, 3.63) is 82.4 Å². The Hall–Kier alpha value is -3.25. The van der Waals surface area contributed by atoms with Crippen LogP contribution >= 0.6 is 11.3 Å². The van der Waals surface area contributed by atoms with Crippen LogP contribution in [0.25, 0.3) is 10.9 Å². The lowest BCUT2D eigenvalue weighted by Crippen LogP contribution is -2.12. The van der Waals surface area contributed by atoms with Gasteiger partial charge in [0.25, 0.3) is 5.91 Å². The first-order chi connectivity index (χ1) is 13.2. The quantitative estimate of drug-likeness (QED) is 0.543. The number of anilines is 1. The van der Waals surface area contributed by atoms with Crippen LogP contribution in [0.2, 0.25) is 0 Å². The molecule has 0 saturated heterocycles. The zero-order chi connectivity index (χ0) is 18.6. The third kappa shape index (κ3) is 3.80. The first kappa shape index (κ1) is 17.2. The molecule has 0 saturated carbocycles. The molecule has 4 aromatic rings. The highest BCUT2D eigenvalue weighted by molar-refractivity contribution is 7.13. The molecule has 0 unspecified atom stereocenters. The van der Waals surface area contributed by atoms with E-state index in [1.54, 1.807) is 6.20 Å². The van der Waals surface area contributed by atoms with Crippen molar-refractivity contribution < 1.29 is 9.53 Å². The fourth-order valence-electron chi connectivity index (χ4n) is 2.77. The predicted octanol–water partition coefficient (Wildman–Crippen LogP) is 4.83. The Kier molecular flexibility index (Phi) is 4.80. The molecule has 2 heterocycles. The molecule has 134 valence electrons. The summed E-state index contributed by atoms with van der Waals surface area (Å²) in [5.41, 5.74) is 2.15. The van der Waals surface area contributed by atoms with Gasteiger partial charge in [0, 0.05) is 11.6 Å². The van der Waals surface area contributed by atoms with Crippen molar-refractivity contribution in [2.45, 2.75) is 13.5 Å². The van der Waals surface area contributed by atoms with Crippen LogP contribution in [-0.2, 0) is 6.61 Å². The van der Waals surface area contributed by atoms with Crippen molar-refractivity contribution in [3.8, 4) is 5.75 Å². The number of aromatic nitrogens is 2. The summed E-state index contributed by atoms with van der Waals surface area (Å²) in [4.78, 5) is 22.2. The minimum absolute atomic E-state index is 0.186. The number of nitrogens with one attached hydrogen (secondary N) is 1. The fraction of sp³-hybridized carbons (Fsp3) is 0.0952. The highest BCUT2D eigenvalue weighted by atomic mass is 32.1. The first-order valence-electron chi connectivity index (χ1n) is 8.50. The van der Waals surface area contributed by atoms with E-state index < -0.39 is 0 Å². The van der Waals surface area contributed by atoms with Crippen molar-refractivity contribution in [1.82, 2.24) is 9.97 Å². The number of nitrogens with zero attached hydrogens (tertiary/aromatic N) is 2. The van der Waals surface area contributed by atoms with Gasteiger partial charge >= 0.3 is 0 Å². The molecule has 27 heavy (non-hydrogen) atoms. The maximum absolute atomic E-state index is 12.8. The molecule has 5 nitrogen and oxygen atoms in total. The number of carbonyl (C=O) groups is 1. The van der Waals surface area contributed by atoms with Crippen LogP contribution in [-0.4, -0.2) is 15.9 Å². The molecule has 0 spiro atoms. The number of benzene rings is 2. The molecule has 0 aliphatic heterocycles. The maximum atomic E-state index is 12.8. The summed E-state index contributed by atoms with van der Waals surface area (Å²) >= 11 is 1.34. The minimum atomic E-state index is -0.186. The molecule has 2 aromatic carbocycles. The summed E-state index contributed by atoms with van der Waals surface area (Å²) < 4.78 is 5.72. The Balaban J connectivity index is 1.51. The van der Waals surface area contributed by atoms with Crippen molar-refractivity contribution in [1.29, 1.82) is 0 Å². The van der Waals surface area contributed by atoms with E-state index in [4.69, 9.17) is 4.74 Å². The van der Waals surface area contributed by atoms with Gasteiger partial charge in [-0.3, -0.25) is 9.78 Å². The van der Waals surface area contributed by atoms with Crippen LogP contribution in [0.15, 0.2) is 66.9 Å². The maximum Gasteiger partial charge on any atom is 0.267 e. The molecule has 0 aliphatic carbocycles. The van der Waals surface area contributed by atoms with Crippen LogP contribution < -0.4 is 10.1 Å². The van der Waals surface area contributed by atoms with Gasteiger partial charge in [0.1, 0.15) is 22.2 Å². The lowest BCUT2D eigenvalue weighted by Gasteiger charge is -2.07. The number of ether oxygens (including phenoxy) is 1. The van der Waals surface area contributed by atoms with Crippen molar-refractivity contribution in [2.24, 2.45) is 0 Å². The third-order valence-corrected chi connectivity index (χ3v) is 5.16. The molecule has 0 fully saturated rings. The second-order valence-corrected chi connectivity index (χ2v) is 7.04. The Morgan fingerprint density at radius 2 is 1.89 bits per heavy atom. The Morgan fingerprint density at radius 3 is 2.74 bits per heavy atom. The lowest BCUT2D eigenvalue weighted by atomic mass is 10.2. The molecule has 4 rings (SSSR count). The second-order valence-electron chi connectivity index (χ2n) is 5.96. The van der Waals surface area contributed by atoms with Crippen LogP contribution in [0.5, 0.6) is 5.75 Å². The lowest BCUT2D eigenvalue weighted by molar-refractivity contribution is 0.103. The molecule has 1 amide bonds. The molecule has 6 heteroatoms. The van der Waals surface area contributed by atoms with Gasteiger partial charge in [0.05, 0.1) is 16.9 Å². The number of rotatable bonds is 5. The zero-order valence-electron chi connectivity index (χ0n) is 14.7. The summed E-state index contributed by atoms with van der Waals surface area (Å²) in [6.07, 6.45) is 1.72. The van der Waals surface area contributed by atoms with E-state index in [-0.39, 0.29) is 5.91 Å². The number of amides is 1. The Bertz CT molecular complexity index is 1090. The third-order valence-electron chi connectivity index (χ3n) is 4.03. The molecule has 2 aromatic heterocycles. The topological polar surface area (TPSA) is 64.1 Å². The van der Waals surface area contributed by atoms with Gasteiger partial charge in [-0.05, 0) is 31.2 Å². The number of fused-ring (bicyclic) bond motifs is 1. The average molecular weight is 375 g/mol. The van der Waals surface area contributed by atoms with Gasteiger partial charge in [0.2, 0.25) is 0 Å². The average Bonchev–Trinajstić information content (AvgIpc) is 3.08. The number of pyridine rings is 1. The monoisotopic (exact) mass is 375 g/mol. The number of carbonyl (C=O) groups excluding carboxylic acids is 1. The van der Waals surface area contributed by atoms with E-state index in [1.165, 1.54) is 11.3 Å². The van der Waals surface area contributed by atoms with Crippen LogP contribution in [0, 0.1) is 6.92 Å². The van der Waals surface area contributed by atoms with E-state index in [9.17, 15) is 4.79 Å². The van der Waals surface area contributed by atoms with Crippen molar-refractivity contribution in [2.75, 3.05) is 5.32 Å². The molecule has 1 N–H and O–H groups in total. The number of thiazole rings is 1. The molecular weight excluding hydrogens is 358 g/mol. The largest absolute Gasteiger partial charge is 0.486 e. The fourth-order valence-corrected chi connectivity index (χ4v) is 3.64. The number of hydrogen-bond donors (Lipinski definition) is 1. The van der Waals surface area contributed by atoms with E-state index >= 15 is 0 Å². The SMILES string of the molecule is Cc1nc(COc2ccccc2)sc1C(=O)Nc1cccc2cccnc12. The van der Waals surface area contributed by atoms with Gasteiger partial charge in [-0.25, -0.2) is 4.98 Å². The van der Waals surface area contributed by atoms with Crippen molar-refractivity contribution in [3.63, 3.8) is 0 Å². The molecule has 0 atom stereocenters. The second kappa shape index (κ2) is 7.55. The number of para-hydroxylation sites is 2. The smallest absolute Gasteiger partial charge is 0.267 e. The van der Waals surface area contributed by atoms with Crippen molar-refractivity contribution >= 4 is 33.8 Å². The standard InChI is InChI=1S/C21H17N3O2S/c1-14-20(27-18(23-14)13-26-16-9-3-2-4-10-16)21(25)24-17-11-5-7-15-8-6-12-22-19(15)17/h2-12H,13H2,1H3,(H,24,25). The minimum Gasteiger partial charge on any atom is -0.486 e. The van der Waals surface area contributed by atoms with Gasteiger partial charge in [0.15, 0.2) is 0 Å². The van der Waals surface area contributed by atoms with Gasteiger partial charge in [-0.2, -0.15) is 0 Å². The molecule has 0 bridgehead atoms. The molecule has 0 aliphatic rings. The summed E-state index contributed by atoms with van der Waals surface area (Å²) in [5.74, 6) is 0.590. The zero-order valence-corrected chi connectivity index (χ0v) is 15.5. The Morgan fingerprint density at radius 1 is 1.07 bits per heavy atom. The summed E-state index contributed by atoms with van der Waals surface area (Å²) in [7, 11) is 0. The van der Waals surface area contributed by atoms with Crippen LogP contribution in [0.1, 0.15) is 20.4 Å². The summed E-state index contributed by atoms with van der Waals surface area (Å²) in [6.45, 7) is 2.16. The van der Waals surface area contributed by atoms with Gasteiger partial charge in [-0.1, -0.05) is 36.4 Å². The van der Waals surface area contributed by atoms with E-state index in [0.29, 0.717) is 22.9 Å². The summed E-state index contributed by atoms with van der Waals surface area (Å²) in [6, 6.07) is 19.1. The number of aryl methyl sites for hydroxylation is 1. The van der Waals surface area contributed by atoms with Crippen LogP contribution in [0.3, 0.4) is 0 Å². The highest BCUT2D eigenvalue weighted by Crippen LogP contribution is 2.24.